The summed E-state index contributed by atoms with van der Waals surface area (Å²) in [5, 5.41) is 2.85. The van der Waals surface area contributed by atoms with Crippen LogP contribution in [0.3, 0.4) is 0 Å². The van der Waals surface area contributed by atoms with E-state index in [-0.39, 0.29) is 28.7 Å². The van der Waals surface area contributed by atoms with Gasteiger partial charge in [0.25, 0.3) is 5.91 Å². The molecule has 3 heterocycles. The zero-order valence-corrected chi connectivity index (χ0v) is 16.8. The Hall–Kier alpha value is -1.93. The molecular formula is C20H27N3O4S. The summed E-state index contributed by atoms with van der Waals surface area (Å²) < 4.78 is 27.7. The first-order valence-electron chi connectivity index (χ1n) is 10.2. The number of amides is 2. The summed E-state index contributed by atoms with van der Waals surface area (Å²) in [5.41, 5.74) is 0.371. The normalized spacial score (nSPS) is 26.4. The van der Waals surface area contributed by atoms with E-state index in [0.29, 0.717) is 31.7 Å². The predicted molar refractivity (Wildman–Crippen MR) is 104 cm³/mol. The van der Waals surface area contributed by atoms with Gasteiger partial charge in [-0.05, 0) is 43.9 Å². The Morgan fingerprint density at radius 1 is 1.04 bits per heavy atom. The van der Waals surface area contributed by atoms with Crippen molar-refractivity contribution in [1.29, 1.82) is 0 Å². The van der Waals surface area contributed by atoms with Crippen molar-refractivity contribution in [2.45, 2.75) is 49.5 Å². The monoisotopic (exact) mass is 405 g/mol. The van der Waals surface area contributed by atoms with Crippen molar-refractivity contribution < 1.29 is 18.0 Å². The molecule has 28 heavy (non-hydrogen) atoms. The maximum absolute atomic E-state index is 13.1. The molecule has 0 saturated carbocycles. The molecule has 0 bridgehead atoms. The maximum Gasteiger partial charge on any atom is 0.254 e. The van der Waals surface area contributed by atoms with Crippen LogP contribution in [0.4, 0.5) is 0 Å². The van der Waals surface area contributed by atoms with Crippen molar-refractivity contribution in [3.05, 3.63) is 29.8 Å². The summed E-state index contributed by atoms with van der Waals surface area (Å²) in [6.45, 7) is 2.13. The summed E-state index contributed by atoms with van der Waals surface area (Å²) in [6.07, 6.45) is 5.42. The Labute approximate surface area is 166 Å². The van der Waals surface area contributed by atoms with Gasteiger partial charge >= 0.3 is 0 Å². The van der Waals surface area contributed by atoms with E-state index in [9.17, 15) is 18.0 Å². The molecule has 1 aromatic rings. The summed E-state index contributed by atoms with van der Waals surface area (Å²) in [7, 11) is -3.60. The van der Waals surface area contributed by atoms with Crippen LogP contribution in [0.1, 0.15) is 48.9 Å². The first-order valence-corrected chi connectivity index (χ1v) is 11.6. The summed E-state index contributed by atoms with van der Waals surface area (Å²) in [5.74, 6) is -0.333. The fourth-order valence-corrected chi connectivity index (χ4v) is 6.15. The second-order valence-corrected chi connectivity index (χ2v) is 9.84. The highest BCUT2D eigenvalue weighted by Gasteiger charge is 2.42. The molecule has 0 unspecified atom stereocenters. The third-order valence-electron chi connectivity index (χ3n) is 6.15. The van der Waals surface area contributed by atoms with Gasteiger partial charge in [0.2, 0.25) is 15.9 Å². The second kappa shape index (κ2) is 7.83. The third kappa shape index (κ3) is 3.55. The molecule has 3 saturated heterocycles. The third-order valence-corrected chi connectivity index (χ3v) is 8.04. The van der Waals surface area contributed by atoms with E-state index >= 15 is 0 Å². The van der Waals surface area contributed by atoms with Crippen LogP contribution in [-0.2, 0) is 14.8 Å². The first kappa shape index (κ1) is 19.4. The van der Waals surface area contributed by atoms with Crippen LogP contribution in [-0.4, -0.2) is 61.7 Å². The van der Waals surface area contributed by atoms with E-state index in [1.165, 1.54) is 6.07 Å². The van der Waals surface area contributed by atoms with Gasteiger partial charge < -0.3 is 10.2 Å². The Balaban J connectivity index is 1.58. The Morgan fingerprint density at radius 3 is 2.54 bits per heavy atom. The number of piperidine rings is 1. The van der Waals surface area contributed by atoms with Crippen molar-refractivity contribution in [3.63, 3.8) is 0 Å². The Kier molecular flexibility index (Phi) is 5.42. The minimum atomic E-state index is -3.60. The summed E-state index contributed by atoms with van der Waals surface area (Å²) in [4.78, 5) is 27.0. The fourth-order valence-electron chi connectivity index (χ4n) is 4.59. The predicted octanol–water partition coefficient (Wildman–Crippen LogP) is 1.60. The molecule has 1 aromatic carbocycles. The van der Waals surface area contributed by atoms with Gasteiger partial charge in [0, 0.05) is 31.7 Å². The first-order chi connectivity index (χ1) is 13.5. The topological polar surface area (TPSA) is 86.8 Å². The standard InChI is InChI=1S/C20H27N3O4S/c24-19-17-9-6-12-23(18(17)14-21-19)20(25)15-7-5-8-16(13-15)28(26,27)22-10-3-1-2-4-11-22/h5,7-8,13,17-18H,1-4,6,9-12,14H2,(H,21,24)/t17-,18+/m0/s1. The summed E-state index contributed by atoms with van der Waals surface area (Å²) >= 11 is 0. The van der Waals surface area contributed by atoms with Crippen LogP contribution < -0.4 is 5.32 Å². The summed E-state index contributed by atoms with van der Waals surface area (Å²) in [6, 6.07) is 6.22. The maximum atomic E-state index is 13.1. The van der Waals surface area contributed by atoms with E-state index < -0.39 is 10.0 Å². The number of sulfonamides is 1. The number of benzene rings is 1. The number of carbonyl (C=O) groups is 2. The largest absolute Gasteiger partial charge is 0.354 e. The molecule has 3 fully saturated rings. The Morgan fingerprint density at radius 2 is 1.79 bits per heavy atom. The van der Waals surface area contributed by atoms with E-state index in [4.69, 9.17) is 0 Å². The van der Waals surface area contributed by atoms with E-state index in [1.54, 1.807) is 27.4 Å². The lowest BCUT2D eigenvalue weighted by Crippen LogP contribution is -2.48. The average molecular weight is 406 g/mol. The van der Waals surface area contributed by atoms with E-state index in [0.717, 1.165) is 38.5 Å². The zero-order chi connectivity index (χ0) is 19.7. The SMILES string of the molecule is O=C1NC[C@@H]2[C@@H]1CCCN2C(=O)c1cccc(S(=O)(=O)N2CCCCCC2)c1. The molecule has 8 heteroatoms. The number of hydrogen-bond donors (Lipinski definition) is 1. The van der Waals surface area contributed by atoms with E-state index in [1.807, 2.05) is 0 Å². The van der Waals surface area contributed by atoms with Gasteiger partial charge in [-0.2, -0.15) is 4.31 Å². The van der Waals surface area contributed by atoms with E-state index in [2.05, 4.69) is 5.32 Å². The molecule has 0 radical (unpaired) electrons. The van der Waals surface area contributed by atoms with Crippen molar-refractivity contribution in [1.82, 2.24) is 14.5 Å². The van der Waals surface area contributed by atoms with Gasteiger partial charge in [-0.1, -0.05) is 18.9 Å². The van der Waals surface area contributed by atoms with Crippen LogP contribution in [0.5, 0.6) is 0 Å². The number of nitrogens with one attached hydrogen (secondary N) is 1. The molecular weight excluding hydrogens is 378 g/mol. The molecule has 2 amide bonds. The highest BCUT2D eigenvalue weighted by molar-refractivity contribution is 7.89. The van der Waals surface area contributed by atoms with Crippen molar-refractivity contribution in [2.24, 2.45) is 5.92 Å². The minimum absolute atomic E-state index is 0.0139. The molecule has 7 nitrogen and oxygen atoms in total. The fraction of sp³-hybridized carbons (Fsp3) is 0.600. The second-order valence-electron chi connectivity index (χ2n) is 7.91. The van der Waals surface area contributed by atoms with Gasteiger partial charge in [0.05, 0.1) is 16.9 Å². The van der Waals surface area contributed by atoms with Crippen molar-refractivity contribution in [2.75, 3.05) is 26.2 Å². The molecule has 4 rings (SSSR count). The molecule has 0 aliphatic carbocycles. The van der Waals surface area contributed by atoms with Crippen molar-refractivity contribution in [3.8, 4) is 0 Å². The smallest absolute Gasteiger partial charge is 0.254 e. The van der Waals surface area contributed by atoms with Gasteiger partial charge in [0.15, 0.2) is 0 Å². The zero-order valence-electron chi connectivity index (χ0n) is 16.0. The molecule has 3 aliphatic heterocycles. The molecule has 0 spiro atoms. The number of carbonyl (C=O) groups excluding carboxylic acids is 2. The van der Waals surface area contributed by atoms with Gasteiger partial charge in [-0.25, -0.2) is 8.42 Å². The average Bonchev–Trinajstić information content (AvgIpc) is 2.92. The quantitative estimate of drug-likeness (QED) is 0.828. The highest BCUT2D eigenvalue weighted by Crippen LogP contribution is 2.29. The van der Waals surface area contributed by atoms with Gasteiger partial charge in [-0.3, -0.25) is 9.59 Å². The van der Waals surface area contributed by atoms with Crippen LogP contribution in [0, 0.1) is 5.92 Å². The number of nitrogens with zero attached hydrogens (tertiary/aromatic N) is 2. The van der Waals surface area contributed by atoms with Crippen LogP contribution in [0.25, 0.3) is 0 Å². The van der Waals surface area contributed by atoms with Gasteiger partial charge in [0.1, 0.15) is 0 Å². The Bertz CT molecular complexity index is 862. The molecule has 3 aliphatic rings. The number of likely N-dealkylation sites (tertiary alicyclic amines) is 1. The lowest BCUT2D eigenvalue weighted by molar-refractivity contribution is -0.123. The number of fused-ring (bicyclic) bond motifs is 1. The molecule has 1 N–H and O–H groups in total. The molecule has 152 valence electrons. The molecule has 2 atom stereocenters. The van der Waals surface area contributed by atoms with Crippen LogP contribution in [0.2, 0.25) is 0 Å². The van der Waals surface area contributed by atoms with Crippen molar-refractivity contribution >= 4 is 21.8 Å². The number of hydrogen-bond acceptors (Lipinski definition) is 4. The highest BCUT2D eigenvalue weighted by atomic mass is 32.2. The van der Waals surface area contributed by atoms with Gasteiger partial charge in [-0.15, -0.1) is 0 Å². The van der Waals surface area contributed by atoms with Crippen LogP contribution >= 0.6 is 0 Å². The number of rotatable bonds is 3. The lowest BCUT2D eigenvalue weighted by Gasteiger charge is -2.36. The lowest BCUT2D eigenvalue weighted by atomic mass is 9.91. The van der Waals surface area contributed by atoms with Crippen LogP contribution in [0.15, 0.2) is 29.2 Å². The minimum Gasteiger partial charge on any atom is -0.354 e. The molecule has 0 aromatic heterocycles.